The molecule has 1 aromatic heterocycles. The van der Waals surface area contributed by atoms with Crippen LogP contribution in [0.2, 0.25) is 0 Å². The zero-order chi connectivity index (χ0) is 26.1. The highest BCUT2D eigenvalue weighted by molar-refractivity contribution is 7.16. The Morgan fingerprint density at radius 2 is 1.53 bits per heavy atom. The number of fused-ring (bicyclic) bond motifs is 3. The quantitative estimate of drug-likeness (QED) is 0.188. The molecule has 0 unspecified atom stereocenters. The van der Waals surface area contributed by atoms with Crippen LogP contribution in [0.4, 0.5) is 10.7 Å². The molecule has 3 nitrogen and oxygen atoms in total. The van der Waals surface area contributed by atoms with Crippen molar-refractivity contribution < 1.29 is 4.79 Å². The average Bonchev–Trinajstić information content (AvgIpc) is 3.25. The molecular formula is C34H32N2OS. The van der Waals surface area contributed by atoms with Gasteiger partial charge in [0.15, 0.2) is 0 Å². The van der Waals surface area contributed by atoms with Gasteiger partial charge in [-0.3, -0.25) is 4.79 Å². The Kier molecular flexibility index (Phi) is 6.82. The minimum Gasteiger partial charge on any atom is -0.322 e. The van der Waals surface area contributed by atoms with Gasteiger partial charge in [-0.05, 0) is 89.9 Å². The van der Waals surface area contributed by atoms with E-state index in [1.54, 1.807) is 11.3 Å². The second kappa shape index (κ2) is 10.5. The van der Waals surface area contributed by atoms with Crippen molar-refractivity contribution in [1.29, 1.82) is 0 Å². The number of thiophene rings is 1. The van der Waals surface area contributed by atoms with Crippen LogP contribution in [0.15, 0.2) is 77.8 Å². The van der Waals surface area contributed by atoms with Crippen LogP contribution in [-0.2, 0) is 12.8 Å². The first-order chi connectivity index (χ1) is 18.6. The number of carbonyl (C=O) groups is 1. The molecule has 4 heteroatoms. The van der Waals surface area contributed by atoms with Crippen molar-refractivity contribution in [2.75, 3.05) is 5.32 Å². The second-order valence-corrected chi connectivity index (χ2v) is 11.4. The number of nitrogens with zero attached hydrogens (tertiary/aromatic N) is 1. The Morgan fingerprint density at radius 1 is 0.842 bits per heavy atom. The van der Waals surface area contributed by atoms with Gasteiger partial charge < -0.3 is 5.32 Å². The first-order valence-electron chi connectivity index (χ1n) is 13.6. The molecule has 38 heavy (non-hydrogen) atoms. The standard InChI is InChI=1S/C34H32N2OS/c1-22-12-11-18-30(23(22)2)36-33(37)32-28-17-5-3-4-6-19-31(28)38-34(32)35-21-29-26-15-9-7-13-24(26)20-25-14-8-10-16-27(25)29/h7-16,18,20-21H,3-6,17,19H2,1-2H3,(H,36,37). The molecule has 4 aromatic carbocycles. The number of aliphatic imine (C=N–C) groups is 1. The maximum Gasteiger partial charge on any atom is 0.259 e. The van der Waals surface area contributed by atoms with Crippen molar-refractivity contribution >= 4 is 55.7 Å². The van der Waals surface area contributed by atoms with Gasteiger partial charge in [-0.1, -0.05) is 73.5 Å². The van der Waals surface area contributed by atoms with E-state index < -0.39 is 0 Å². The lowest BCUT2D eigenvalue weighted by Crippen LogP contribution is -2.15. The summed E-state index contributed by atoms with van der Waals surface area (Å²) in [5, 5.41) is 8.78. The lowest BCUT2D eigenvalue weighted by atomic mass is 9.96. The molecule has 0 radical (unpaired) electrons. The van der Waals surface area contributed by atoms with Crippen molar-refractivity contribution in [2.24, 2.45) is 4.99 Å². The summed E-state index contributed by atoms with van der Waals surface area (Å²) in [5.41, 5.74) is 6.20. The molecule has 0 aliphatic heterocycles. The molecule has 1 aliphatic rings. The first-order valence-corrected chi connectivity index (χ1v) is 14.4. The van der Waals surface area contributed by atoms with E-state index in [0.717, 1.165) is 46.6 Å². The molecule has 5 aromatic rings. The van der Waals surface area contributed by atoms with Crippen LogP contribution in [0.1, 0.15) is 63.2 Å². The lowest BCUT2D eigenvalue weighted by Gasteiger charge is -2.13. The predicted molar refractivity (Wildman–Crippen MR) is 163 cm³/mol. The molecule has 1 amide bonds. The van der Waals surface area contributed by atoms with E-state index in [1.165, 1.54) is 56.8 Å². The summed E-state index contributed by atoms with van der Waals surface area (Å²) < 4.78 is 0. The van der Waals surface area contributed by atoms with Crippen LogP contribution >= 0.6 is 11.3 Å². The fourth-order valence-electron chi connectivity index (χ4n) is 5.61. The minimum absolute atomic E-state index is 0.0494. The van der Waals surface area contributed by atoms with Gasteiger partial charge in [0.2, 0.25) is 0 Å². The average molecular weight is 517 g/mol. The summed E-state index contributed by atoms with van der Waals surface area (Å²) in [6, 6.07) is 25.2. The monoisotopic (exact) mass is 516 g/mol. The lowest BCUT2D eigenvalue weighted by molar-refractivity contribution is 0.102. The summed E-state index contributed by atoms with van der Waals surface area (Å²) in [5.74, 6) is -0.0494. The molecule has 0 saturated carbocycles. The summed E-state index contributed by atoms with van der Waals surface area (Å²) in [6.07, 6.45) is 8.70. The van der Waals surface area contributed by atoms with Crippen LogP contribution in [0.25, 0.3) is 21.5 Å². The molecule has 0 atom stereocenters. The van der Waals surface area contributed by atoms with Gasteiger partial charge in [0.25, 0.3) is 5.91 Å². The van der Waals surface area contributed by atoms with Crippen LogP contribution in [0.3, 0.4) is 0 Å². The molecule has 0 spiro atoms. The Morgan fingerprint density at radius 3 is 2.26 bits per heavy atom. The van der Waals surface area contributed by atoms with Crippen LogP contribution in [-0.4, -0.2) is 12.1 Å². The Hall–Kier alpha value is -3.76. The van der Waals surface area contributed by atoms with E-state index in [0.29, 0.717) is 0 Å². The maximum atomic E-state index is 13.9. The largest absolute Gasteiger partial charge is 0.322 e. The third-order valence-corrected chi connectivity index (χ3v) is 9.06. The van der Waals surface area contributed by atoms with Gasteiger partial charge in [0.05, 0.1) is 5.56 Å². The van der Waals surface area contributed by atoms with Gasteiger partial charge >= 0.3 is 0 Å². The zero-order valence-electron chi connectivity index (χ0n) is 22.0. The van der Waals surface area contributed by atoms with E-state index in [1.807, 2.05) is 18.3 Å². The highest BCUT2D eigenvalue weighted by Gasteiger charge is 2.24. The number of hydrogen-bond donors (Lipinski definition) is 1. The number of anilines is 1. The molecule has 0 saturated heterocycles. The molecule has 0 fully saturated rings. The summed E-state index contributed by atoms with van der Waals surface area (Å²) in [7, 11) is 0. The number of benzene rings is 4. The van der Waals surface area contributed by atoms with Crippen molar-refractivity contribution in [3.05, 3.63) is 105 Å². The van der Waals surface area contributed by atoms with Crippen molar-refractivity contribution in [1.82, 2.24) is 0 Å². The number of amides is 1. The van der Waals surface area contributed by atoms with E-state index in [4.69, 9.17) is 4.99 Å². The van der Waals surface area contributed by atoms with Gasteiger partial charge in [0, 0.05) is 22.3 Å². The molecule has 190 valence electrons. The number of aryl methyl sites for hydroxylation is 2. The fraction of sp³-hybridized carbons (Fsp3) is 0.235. The molecule has 6 rings (SSSR count). The van der Waals surface area contributed by atoms with Crippen LogP contribution in [0, 0.1) is 13.8 Å². The Bertz CT molecular complexity index is 1640. The smallest absolute Gasteiger partial charge is 0.259 e. The summed E-state index contributed by atoms with van der Waals surface area (Å²) in [4.78, 5) is 20.3. The van der Waals surface area contributed by atoms with Crippen molar-refractivity contribution in [3.63, 3.8) is 0 Å². The third kappa shape index (κ3) is 4.65. The number of hydrogen-bond acceptors (Lipinski definition) is 3. The fourth-order valence-corrected chi connectivity index (χ4v) is 6.84. The van der Waals surface area contributed by atoms with Crippen LogP contribution in [0.5, 0.6) is 0 Å². The number of carbonyl (C=O) groups excluding carboxylic acids is 1. The maximum absolute atomic E-state index is 13.9. The molecule has 0 bridgehead atoms. The van der Waals surface area contributed by atoms with E-state index in [2.05, 4.69) is 79.8 Å². The van der Waals surface area contributed by atoms with Crippen LogP contribution < -0.4 is 5.32 Å². The SMILES string of the molecule is Cc1cccc(NC(=O)c2c(N=Cc3c4ccccc4cc4ccccc34)sc3c2CCCCCC3)c1C. The first kappa shape index (κ1) is 24.6. The summed E-state index contributed by atoms with van der Waals surface area (Å²) >= 11 is 1.70. The minimum atomic E-state index is -0.0494. The topological polar surface area (TPSA) is 41.5 Å². The van der Waals surface area contributed by atoms with E-state index in [-0.39, 0.29) is 5.91 Å². The Labute approximate surface area is 228 Å². The molecular weight excluding hydrogens is 484 g/mol. The predicted octanol–water partition coefficient (Wildman–Crippen LogP) is 9.33. The normalized spacial score (nSPS) is 13.9. The second-order valence-electron chi connectivity index (χ2n) is 10.3. The summed E-state index contributed by atoms with van der Waals surface area (Å²) in [6.45, 7) is 4.14. The molecule has 1 aliphatic carbocycles. The highest BCUT2D eigenvalue weighted by Crippen LogP contribution is 2.40. The zero-order valence-corrected chi connectivity index (χ0v) is 22.8. The molecule has 1 N–H and O–H groups in total. The van der Waals surface area contributed by atoms with Crippen molar-refractivity contribution in [3.8, 4) is 0 Å². The van der Waals surface area contributed by atoms with E-state index in [9.17, 15) is 4.79 Å². The van der Waals surface area contributed by atoms with Gasteiger partial charge in [-0.25, -0.2) is 4.99 Å². The number of rotatable bonds is 4. The van der Waals surface area contributed by atoms with E-state index >= 15 is 0 Å². The van der Waals surface area contributed by atoms with Gasteiger partial charge in [-0.2, -0.15) is 0 Å². The Balaban J connectivity index is 1.48. The van der Waals surface area contributed by atoms with Gasteiger partial charge in [-0.15, -0.1) is 11.3 Å². The van der Waals surface area contributed by atoms with Crippen molar-refractivity contribution in [2.45, 2.75) is 52.4 Å². The molecule has 1 heterocycles. The number of nitrogens with one attached hydrogen (secondary N) is 1. The highest BCUT2D eigenvalue weighted by atomic mass is 32.1. The van der Waals surface area contributed by atoms with Gasteiger partial charge in [0.1, 0.15) is 5.00 Å². The third-order valence-electron chi connectivity index (χ3n) is 7.86.